The van der Waals surface area contributed by atoms with Gasteiger partial charge in [-0.2, -0.15) is 0 Å². The molecule has 0 unspecified atom stereocenters. The molecular formula is C20H26N2S. The summed E-state index contributed by atoms with van der Waals surface area (Å²) in [5.41, 5.74) is 3.62. The molecule has 0 amide bonds. The van der Waals surface area contributed by atoms with Crippen molar-refractivity contribution in [2.75, 3.05) is 5.32 Å². The van der Waals surface area contributed by atoms with Crippen LogP contribution in [0.5, 0.6) is 0 Å². The van der Waals surface area contributed by atoms with Crippen molar-refractivity contribution in [3.63, 3.8) is 0 Å². The van der Waals surface area contributed by atoms with Gasteiger partial charge in [-0.3, -0.25) is 0 Å². The fourth-order valence-electron chi connectivity index (χ4n) is 2.58. The van der Waals surface area contributed by atoms with E-state index in [4.69, 9.17) is 12.2 Å². The van der Waals surface area contributed by atoms with Crippen molar-refractivity contribution in [1.82, 2.24) is 5.32 Å². The minimum absolute atomic E-state index is 0.228. The molecule has 0 aliphatic rings. The Morgan fingerprint density at radius 3 is 2.22 bits per heavy atom. The molecule has 0 aromatic heterocycles. The van der Waals surface area contributed by atoms with Crippen LogP contribution in [0.15, 0.2) is 54.6 Å². The van der Waals surface area contributed by atoms with Gasteiger partial charge >= 0.3 is 0 Å². The molecule has 2 nitrogen and oxygen atoms in total. The summed E-state index contributed by atoms with van der Waals surface area (Å²) in [6, 6.07) is 19.1. The van der Waals surface area contributed by atoms with Crippen molar-refractivity contribution in [3.05, 3.63) is 65.7 Å². The standard InChI is InChI=1S/C20H26N2S/c1-4-16-10-12-18(13-11-16)21-20(23)22-19(14-15(2)3)17-8-6-5-7-9-17/h5-13,15,19H,4,14H2,1-3H3,(H2,21,22,23)/t19-/m0/s1. The lowest BCUT2D eigenvalue weighted by molar-refractivity contribution is 0.481. The van der Waals surface area contributed by atoms with Gasteiger partial charge < -0.3 is 10.6 Å². The second-order valence-electron chi connectivity index (χ2n) is 6.24. The minimum Gasteiger partial charge on any atom is -0.356 e. The summed E-state index contributed by atoms with van der Waals surface area (Å²) in [6.07, 6.45) is 2.09. The molecule has 23 heavy (non-hydrogen) atoms. The van der Waals surface area contributed by atoms with Crippen LogP contribution in [0.1, 0.15) is 44.4 Å². The third-order valence-corrected chi connectivity index (χ3v) is 4.05. The number of thiocarbonyl (C=S) groups is 1. The Balaban J connectivity index is 2.02. The second kappa shape index (κ2) is 8.68. The molecule has 0 bridgehead atoms. The highest BCUT2D eigenvalue weighted by molar-refractivity contribution is 7.80. The average molecular weight is 327 g/mol. The van der Waals surface area contributed by atoms with Crippen LogP contribution in [0.25, 0.3) is 0 Å². The number of hydrogen-bond donors (Lipinski definition) is 2. The van der Waals surface area contributed by atoms with Crippen molar-refractivity contribution in [2.45, 2.75) is 39.7 Å². The van der Waals surface area contributed by atoms with Gasteiger partial charge in [-0.1, -0.05) is 63.2 Å². The largest absolute Gasteiger partial charge is 0.356 e. The van der Waals surface area contributed by atoms with Crippen LogP contribution < -0.4 is 10.6 Å². The lowest BCUT2D eigenvalue weighted by Gasteiger charge is -2.23. The van der Waals surface area contributed by atoms with Gasteiger partial charge in [0.05, 0.1) is 6.04 Å². The van der Waals surface area contributed by atoms with Crippen LogP contribution in [0, 0.1) is 5.92 Å². The monoisotopic (exact) mass is 326 g/mol. The predicted octanol–water partition coefficient (Wildman–Crippen LogP) is 5.32. The molecule has 1 atom stereocenters. The first kappa shape index (κ1) is 17.5. The summed E-state index contributed by atoms with van der Waals surface area (Å²) in [4.78, 5) is 0. The minimum atomic E-state index is 0.228. The van der Waals surface area contributed by atoms with Crippen molar-refractivity contribution >= 4 is 23.0 Å². The van der Waals surface area contributed by atoms with E-state index < -0.39 is 0 Å². The van der Waals surface area contributed by atoms with Gasteiger partial charge in [0, 0.05) is 5.69 Å². The van der Waals surface area contributed by atoms with E-state index in [1.807, 2.05) is 6.07 Å². The summed E-state index contributed by atoms with van der Waals surface area (Å²) in [5.74, 6) is 0.597. The van der Waals surface area contributed by atoms with Gasteiger partial charge in [0.15, 0.2) is 5.11 Å². The third-order valence-electron chi connectivity index (χ3n) is 3.83. The summed E-state index contributed by atoms with van der Waals surface area (Å²) >= 11 is 5.50. The molecule has 0 saturated heterocycles. The first-order chi connectivity index (χ1) is 11.1. The Labute approximate surface area is 145 Å². The summed E-state index contributed by atoms with van der Waals surface area (Å²) in [7, 11) is 0. The van der Waals surface area contributed by atoms with E-state index in [9.17, 15) is 0 Å². The van der Waals surface area contributed by atoms with Crippen molar-refractivity contribution < 1.29 is 0 Å². The van der Waals surface area contributed by atoms with Gasteiger partial charge in [0.1, 0.15) is 0 Å². The maximum absolute atomic E-state index is 5.50. The zero-order chi connectivity index (χ0) is 16.7. The second-order valence-corrected chi connectivity index (χ2v) is 6.65. The van der Waals surface area contributed by atoms with Gasteiger partial charge in [-0.15, -0.1) is 0 Å². The van der Waals surface area contributed by atoms with Crippen molar-refractivity contribution in [1.29, 1.82) is 0 Å². The first-order valence-corrected chi connectivity index (χ1v) is 8.70. The van der Waals surface area contributed by atoms with Crippen LogP contribution in [0.2, 0.25) is 0 Å². The van der Waals surface area contributed by atoms with Crippen LogP contribution in [-0.2, 0) is 6.42 Å². The van der Waals surface area contributed by atoms with E-state index in [1.54, 1.807) is 0 Å². The molecule has 2 aromatic rings. The van der Waals surface area contributed by atoms with Crippen LogP contribution in [0.3, 0.4) is 0 Å². The normalized spacial score (nSPS) is 12.0. The fourth-order valence-corrected chi connectivity index (χ4v) is 2.84. The molecule has 0 aliphatic heterocycles. The lowest BCUT2D eigenvalue weighted by Crippen LogP contribution is -2.33. The van der Waals surface area contributed by atoms with Crippen molar-refractivity contribution in [2.24, 2.45) is 5.92 Å². The Bertz CT molecular complexity index is 605. The molecule has 0 aliphatic carbocycles. The molecule has 2 N–H and O–H groups in total. The van der Waals surface area contributed by atoms with Crippen molar-refractivity contribution in [3.8, 4) is 0 Å². The Morgan fingerprint density at radius 1 is 1.00 bits per heavy atom. The van der Waals surface area contributed by atoms with E-state index in [2.05, 4.69) is 79.9 Å². The van der Waals surface area contributed by atoms with E-state index in [1.165, 1.54) is 11.1 Å². The Kier molecular flexibility index (Phi) is 6.60. The van der Waals surface area contributed by atoms with Gasteiger partial charge in [-0.05, 0) is 54.2 Å². The van der Waals surface area contributed by atoms with Crippen LogP contribution >= 0.6 is 12.2 Å². The zero-order valence-corrected chi connectivity index (χ0v) is 15.0. The molecule has 3 heteroatoms. The van der Waals surface area contributed by atoms with E-state index in [0.717, 1.165) is 18.5 Å². The SMILES string of the molecule is CCc1ccc(NC(=S)N[C@@H](CC(C)C)c2ccccc2)cc1. The number of anilines is 1. The fraction of sp³-hybridized carbons (Fsp3) is 0.350. The summed E-state index contributed by atoms with van der Waals surface area (Å²) in [6.45, 7) is 6.63. The van der Waals surface area contributed by atoms with Gasteiger partial charge in [0.2, 0.25) is 0 Å². The molecular weight excluding hydrogens is 300 g/mol. The molecule has 2 rings (SSSR count). The lowest BCUT2D eigenvalue weighted by atomic mass is 9.97. The molecule has 0 heterocycles. The quantitative estimate of drug-likeness (QED) is 0.702. The summed E-state index contributed by atoms with van der Waals surface area (Å²) in [5, 5.41) is 7.42. The number of benzene rings is 2. The molecule has 122 valence electrons. The topological polar surface area (TPSA) is 24.1 Å². The number of hydrogen-bond acceptors (Lipinski definition) is 1. The highest BCUT2D eigenvalue weighted by atomic mass is 32.1. The smallest absolute Gasteiger partial charge is 0.171 e. The number of rotatable bonds is 6. The maximum atomic E-state index is 5.50. The molecule has 2 aromatic carbocycles. The van der Waals surface area contributed by atoms with Gasteiger partial charge in [-0.25, -0.2) is 0 Å². The molecule has 0 spiro atoms. The zero-order valence-electron chi connectivity index (χ0n) is 14.2. The molecule has 0 fully saturated rings. The highest BCUT2D eigenvalue weighted by Gasteiger charge is 2.14. The van der Waals surface area contributed by atoms with E-state index >= 15 is 0 Å². The molecule has 0 saturated carbocycles. The third kappa shape index (κ3) is 5.68. The van der Waals surface area contributed by atoms with Crippen LogP contribution in [0.4, 0.5) is 5.69 Å². The van der Waals surface area contributed by atoms with E-state index in [-0.39, 0.29) is 6.04 Å². The predicted molar refractivity (Wildman–Crippen MR) is 104 cm³/mol. The van der Waals surface area contributed by atoms with Crippen LogP contribution in [-0.4, -0.2) is 5.11 Å². The number of aryl methyl sites for hydroxylation is 1. The Hall–Kier alpha value is -1.87. The van der Waals surface area contributed by atoms with E-state index in [0.29, 0.717) is 11.0 Å². The number of nitrogens with one attached hydrogen (secondary N) is 2. The highest BCUT2D eigenvalue weighted by Crippen LogP contribution is 2.21. The van der Waals surface area contributed by atoms with Gasteiger partial charge in [0.25, 0.3) is 0 Å². The molecule has 0 radical (unpaired) electrons. The summed E-state index contributed by atoms with van der Waals surface area (Å²) < 4.78 is 0. The maximum Gasteiger partial charge on any atom is 0.171 e. The Morgan fingerprint density at radius 2 is 1.65 bits per heavy atom. The first-order valence-electron chi connectivity index (χ1n) is 8.30. The average Bonchev–Trinajstić information content (AvgIpc) is 2.55.